The van der Waals surface area contributed by atoms with Gasteiger partial charge in [0.1, 0.15) is 0 Å². The quantitative estimate of drug-likeness (QED) is 0.156. The van der Waals surface area contributed by atoms with E-state index in [1.807, 2.05) is 0 Å². The lowest BCUT2D eigenvalue weighted by Crippen LogP contribution is -2.14. The number of nitrogens with zero attached hydrogens (tertiary/aromatic N) is 2. The third-order valence-electron chi connectivity index (χ3n) is 13.4. The average molecular weight is 805 g/mol. The summed E-state index contributed by atoms with van der Waals surface area (Å²) in [5, 5.41) is 4.90. The molecule has 12 rings (SSSR count). The Balaban J connectivity index is 1.05. The van der Waals surface area contributed by atoms with Crippen molar-refractivity contribution in [2.24, 2.45) is 0 Å². The van der Waals surface area contributed by atoms with Crippen LogP contribution < -0.4 is 4.90 Å². The molecular formula is C61H44N2. The Kier molecular flexibility index (Phi) is 8.55. The van der Waals surface area contributed by atoms with E-state index in [9.17, 15) is 0 Å². The van der Waals surface area contributed by atoms with Gasteiger partial charge >= 0.3 is 0 Å². The zero-order valence-corrected chi connectivity index (χ0v) is 35.3. The van der Waals surface area contributed by atoms with Crippen LogP contribution in [0.2, 0.25) is 0 Å². The summed E-state index contributed by atoms with van der Waals surface area (Å²) in [7, 11) is 0. The minimum atomic E-state index is -0.0628. The summed E-state index contributed by atoms with van der Waals surface area (Å²) in [6.07, 6.45) is 0. The van der Waals surface area contributed by atoms with E-state index in [1.165, 1.54) is 88.2 Å². The van der Waals surface area contributed by atoms with Crippen molar-refractivity contribution in [3.05, 3.63) is 242 Å². The van der Waals surface area contributed by atoms with E-state index < -0.39 is 0 Å². The van der Waals surface area contributed by atoms with E-state index in [-0.39, 0.29) is 5.41 Å². The van der Waals surface area contributed by atoms with Crippen molar-refractivity contribution in [2.75, 3.05) is 4.90 Å². The van der Waals surface area contributed by atoms with Gasteiger partial charge in [0.05, 0.1) is 16.7 Å². The number of hydrogen-bond donors (Lipinski definition) is 0. The number of rotatable bonds is 7. The van der Waals surface area contributed by atoms with Crippen LogP contribution in [0, 0.1) is 0 Å². The normalized spacial score (nSPS) is 12.7. The molecule has 0 atom stereocenters. The second kappa shape index (κ2) is 14.6. The van der Waals surface area contributed by atoms with Crippen molar-refractivity contribution < 1.29 is 0 Å². The van der Waals surface area contributed by atoms with Crippen molar-refractivity contribution in [1.82, 2.24) is 4.57 Å². The SMILES string of the molecule is CC1(C)c2ccccc2-c2ccc(-c3ccc(N(c4ccc5c(c4)c4ccccc4n5-c4ccccc4)c4ccccc4-c4cccc5cccc(-c6ccccc6)c45)cc3)cc21. The summed E-state index contributed by atoms with van der Waals surface area (Å²) >= 11 is 0. The van der Waals surface area contributed by atoms with E-state index >= 15 is 0 Å². The molecule has 2 heteroatoms. The molecule has 0 spiro atoms. The summed E-state index contributed by atoms with van der Waals surface area (Å²) in [5.74, 6) is 0. The number of benzene rings is 10. The predicted molar refractivity (Wildman–Crippen MR) is 267 cm³/mol. The maximum Gasteiger partial charge on any atom is 0.0542 e. The number of aromatic nitrogens is 1. The van der Waals surface area contributed by atoms with E-state index in [0.29, 0.717) is 0 Å². The molecule has 1 aliphatic carbocycles. The molecule has 0 saturated carbocycles. The van der Waals surface area contributed by atoms with Gasteiger partial charge in [-0.15, -0.1) is 0 Å². The first-order valence-corrected chi connectivity index (χ1v) is 21.9. The van der Waals surface area contributed by atoms with Crippen molar-refractivity contribution in [2.45, 2.75) is 19.3 Å². The van der Waals surface area contributed by atoms with Gasteiger partial charge in [-0.1, -0.05) is 184 Å². The van der Waals surface area contributed by atoms with E-state index in [1.54, 1.807) is 0 Å². The molecule has 1 aromatic heterocycles. The monoisotopic (exact) mass is 804 g/mol. The molecule has 0 aliphatic heterocycles. The largest absolute Gasteiger partial charge is 0.310 e. The van der Waals surface area contributed by atoms with Crippen LogP contribution in [0.4, 0.5) is 17.1 Å². The predicted octanol–water partition coefficient (Wildman–Crippen LogP) is 16.7. The molecule has 11 aromatic rings. The van der Waals surface area contributed by atoms with E-state index in [2.05, 4.69) is 254 Å². The zero-order valence-electron chi connectivity index (χ0n) is 35.3. The Labute approximate surface area is 368 Å². The van der Waals surface area contributed by atoms with Crippen molar-refractivity contribution in [3.63, 3.8) is 0 Å². The van der Waals surface area contributed by atoms with Gasteiger partial charge in [-0.3, -0.25) is 0 Å². The number of para-hydroxylation sites is 3. The van der Waals surface area contributed by atoms with Crippen molar-refractivity contribution in [1.29, 1.82) is 0 Å². The molecule has 2 nitrogen and oxygen atoms in total. The van der Waals surface area contributed by atoms with Gasteiger partial charge in [0.25, 0.3) is 0 Å². The zero-order chi connectivity index (χ0) is 42.1. The Morgan fingerprint density at radius 3 is 1.78 bits per heavy atom. The van der Waals surface area contributed by atoms with Gasteiger partial charge < -0.3 is 9.47 Å². The fourth-order valence-electron chi connectivity index (χ4n) is 10.4. The summed E-state index contributed by atoms with van der Waals surface area (Å²) in [4.78, 5) is 2.46. The lowest BCUT2D eigenvalue weighted by Gasteiger charge is -2.29. The lowest BCUT2D eigenvalue weighted by molar-refractivity contribution is 0.660. The highest BCUT2D eigenvalue weighted by Gasteiger charge is 2.35. The highest BCUT2D eigenvalue weighted by molar-refractivity contribution is 6.12. The molecule has 0 fully saturated rings. The molecule has 298 valence electrons. The fourth-order valence-corrected chi connectivity index (χ4v) is 10.4. The van der Waals surface area contributed by atoms with Crippen LogP contribution in [0.5, 0.6) is 0 Å². The highest BCUT2D eigenvalue weighted by Crippen LogP contribution is 2.50. The van der Waals surface area contributed by atoms with Crippen LogP contribution in [0.15, 0.2) is 231 Å². The summed E-state index contributed by atoms with van der Waals surface area (Å²) in [5.41, 5.74) is 19.5. The first-order chi connectivity index (χ1) is 31.0. The molecule has 0 saturated heterocycles. The Hall–Kier alpha value is -7.94. The Morgan fingerprint density at radius 2 is 0.968 bits per heavy atom. The molecule has 0 bridgehead atoms. The minimum Gasteiger partial charge on any atom is -0.310 e. The first kappa shape index (κ1) is 36.9. The van der Waals surface area contributed by atoms with Gasteiger partial charge in [0, 0.05) is 38.8 Å². The number of fused-ring (bicyclic) bond motifs is 7. The van der Waals surface area contributed by atoms with Crippen molar-refractivity contribution in [3.8, 4) is 50.2 Å². The van der Waals surface area contributed by atoms with Gasteiger partial charge in [-0.25, -0.2) is 0 Å². The summed E-state index contributed by atoms with van der Waals surface area (Å²) in [6, 6.07) is 84.7. The molecule has 10 aromatic carbocycles. The summed E-state index contributed by atoms with van der Waals surface area (Å²) in [6.45, 7) is 4.71. The smallest absolute Gasteiger partial charge is 0.0542 e. The maximum atomic E-state index is 2.46. The average Bonchev–Trinajstić information content (AvgIpc) is 3.79. The van der Waals surface area contributed by atoms with E-state index in [4.69, 9.17) is 0 Å². The Bertz CT molecular complexity index is 3520. The third-order valence-corrected chi connectivity index (χ3v) is 13.4. The standard InChI is InChI=1S/C61H44N2/c1-61(2)55-28-12-9-23-49(55)50-37-33-44(39-56(50)61)41-31-34-46(35-32-41)62(47-36-38-59-54(40-47)52-25-11-14-30-58(52)63(59)45-21-7-4-8-22-45)57-29-13-10-24-51(57)53-27-16-20-43-19-15-26-48(60(43)53)42-17-5-3-6-18-42/h3-40H,1-2H3. The van der Waals surface area contributed by atoms with Crippen LogP contribution in [-0.4, -0.2) is 4.57 Å². The second-order valence-electron chi connectivity index (χ2n) is 17.3. The van der Waals surface area contributed by atoms with Gasteiger partial charge in [-0.2, -0.15) is 0 Å². The van der Waals surface area contributed by atoms with Crippen LogP contribution in [0.3, 0.4) is 0 Å². The molecule has 0 amide bonds. The molecule has 0 unspecified atom stereocenters. The summed E-state index contributed by atoms with van der Waals surface area (Å²) < 4.78 is 2.39. The van der Waals surface area contributed by atoms with Crippen LogP contribution in [0.1, 0.15) is 25.0 Å². The molecule has 1 heterocycles. The fraction of sp³-hybridized carbons (Fsp3) is 0.0492. The maximum absolute atomic E-state index is 2.46. The second-order valence-corrected chi connectivity index (χ2v) is 17.3. The molecule has 0 radical (unpaired) electrons. The van der Waals surface area contributed by atoms with E-state index in [0.717, 1.165) is 22.7 Å². The first-order valence-electron chi connectivity index (χ1n) is 21.9. The van der Waals surface area contributed by atoms with Crippen LogP contribution in [0.25, 0.3) is 82.8 Å². The van der Waals surface area contributed by atoms with Gasteiger partial charge in [0.2, 0.25) is 0 Å². The molecule has 0 N–H and O–H groups in total. The Morgan fingerprint density at radius 1 is 0.365 bits per heavy atom. The van der Waals surface area contributed by atoms with Crippen molar-refractivity contribution >= 4 is 49.6 Å². The highest BCUT2D eigenvalue weighted by atomic mass is 15.1. The minimum absolute atomic E-state index is 0.0628. The van der Waals surface area contributed by atoms with Crippen LogP contribution >= 0.6 is 0 Å². The van der Waals surface area contributed by atoms with Gasteiger partial charge in [-0.05, 0) is 122 Å². The van der Waals surface area contributed by atoms with Crippen LogP contribution in [-0.2, 0) is 5.41 Å². The topological polar surface area (TPSA) is 8.17 Å². The molecule has 1 aliphatic rings. The number of anilines is 3. The third kappa shape index (κ3) is 5.94. The molecular weight excluding hydrogens is 761 g/mol. The number of hydrogen-bond acceptors (Lipinski definition) is 1. The lowest BCUT2D eigenvalue weighted by atomic mass is 9.81. The van der Waals surface area contributed by atoms with Gasteiger partial charge in [0.15, 0.2) is 0 Å². The molecule has 63 heavy (non-hydrogen) atoms.